The van der Waals surface area contributed by atoms with E-state index in [0.29, 0.717) is 0 Å². The van der Waals surface area contributed by atoms with E-state index in [4.69, 9.17) is 4.74 Å². The standard InChI is InChI=1S/C22H15F7N4O/c1-30-17-10-16-18(22(27,28)29)32-33(15-7-5-14(23)6-8-15)19(16)31-20(17)34-11-12-3-2-4-13(9-12)21(24,25)26/h2-10,30H,11H2,1H3. The number of ether oxygens (including phenoxy) is 1. The maximum Gasteiger partial charge on any atom is 0.435 e. The maximum atomic E-state index is 13.6. The number of benzene rings is 2. The van der Waals surface area contributed by atoms with Gasteiger partial charge in [0.25, 0.3) is 0 Å². The Balaban J connectivity index is 1.79. The lowest BCUT2D eigenvalue weighted by Crippen LogP contribution is -2.07. The van der Waals surface area contributed by atoms with Crippen LogP contribution in [0.4, 0.5) is 36.4 Å². The zero-order valence-corrected chi connectivity index (χ0v) is 17.3. The van der Waals surface area contributed by atoms with Gasteiger partial charge in [-0.2, -0.15) is 36.4 Å². The first-order chi connectivity index (χ1) is 16.0. The monoisotopic (exact) mass is 484 g/mol. The minimum Gasteiger partial charge on any atom is -0.471 e. The lowest BCUT2D eigenvalue weighted by molar-refractivity contribution is -0.140. The molecule has 178 valence electrons. The van der Waals surface area contributed by atoms with Crippen molar-refractivity contribution in [1.29, 1.82) is 0 Å². The molecule has 12 heteroatoms. The Hall–Kier alpha value is -3.83. The van der Waals surface area contributed by atoms with E-state index in [-0.39, 0.29) is 40.5 Å². The number of rotatable bonds is 5. The molecular weight excluding hydrogens is 469 g/mol. The molecule has 0 atom stereocenters. The van der Waals surface area contributed by atoms with Crippen molar-refractivity contribution in [1.82, 2.24) is 14.8 Å². The van der Waals surface area contributed by atoms with Crippen LogP contribution in [0.1, 0.15) is 16.8 Å². The second kappa shape index (κ2) is 8.50. The van der Waals surface area contributed by atoms with Gasteiger partial charge in [0.1, 0.15) is 12.4 Å². The largest absolute Gasteiger partial charge is 0.471 e. The summed E-state index contributed by atoms with van der Waals surface area (Å²) in [5.41, 5.74) is -1.92. The van der Waals surface area contributed by atoms with Crippen molar-refractivity contribution in [3.05, 3.63) is 77.2 Å². The van der Waals surface area contributed by atoms with Crippen LogP contribution in [-0.2, 0) is 19.0 Å². The third-order valence-corrected chi connectivity index (χ3v) is 4.86. The maximum absolute atomic E-state index is 13.6. The molecule has 0 aliphatic rings. The molecule has 4 aromatic rings. The van der Waals surface area contributed by atoms with Gasteiger partial charge in [-0.05, 0) is 48.0 Å². The number of aromatic nitrogens is 3. The summed E-state index contributed by atoms with van der Waals surface area (Å²) in [6.45, 7) is -0.325. The third kappa shape index (κ3) is 4.61. The van der Waals surface area contributed by atoms with Crippen LogP contribution in [0.5, 0.6) is 5.88 Å². The molecule has 0 saturated heterocycles. The molecule has 0 aliphatic carbocycles. The van der Waals surface area contributed by atoms with Crippen LogP contribution in [0.2, 0.25) is 0 Å². The van der Waals surface area contributed by atoms with Crippen molar-refractivity contribution in [3.8, 4) is 11.6 Å². The SMILES string of the molecule is CNc1cc2c(C(F)(F)F)nn(-c3ccc(F)cc3)c2nc1OCc1cccc(C(F)(F)F)c1. The van der Waals surface area contributed by atoms with Crippen molar-refractivity contribution in [2.24, 2.45) is 0 Å². The summed E-state index contributed by atoms with van der Waals surface area (Å²) < 4.78 is 99.6. The highest BCUT2D eigenvalue weighted by atomic mass is 19.4. The van der Waals surface area contributed by atoms with Crippen LogP contribution < -0.4 is 10.1 Å². The van der Waals surface area contributed by atoms with E-state index < -0.39 is 29.4 Å². The summed E-state index contributed by atoms with van der Waals surface area (Å²) in [6.07, 6.45) is -9.35. The van der Waals surface area contributed by atoms with Crippen molar-refractivity contribution in [3.63, 3.8) is 0 Å². The highest BCUT2D eigenvalue weighted by Gasteiger charge is 2.38. The summed E-state index contributed by atoms with van der Waals surface area (Å²) in [5, 5.41) is 5.97. The van der Waals surface area contributed by atoms with Gasteiger partial charge in [0.15, 0.2) is 11.3 Å². The number of anilines is 1. The molecule has 0 aliphatic heterocycles. The van der Waals surface area contributed by atoms with Crippen molar-refractivity contribution < 1.29 is 35.5 Å². The first-order valence-corrected chi connectivity index (χ1v) is 9.71. The number of hydrogen-bond donors (Lipinski definition) is 1. The molecule has 0 radical (unpaired) electrons. The van der Waals surface area contributed by atoms with Gasteiger partial charge >= 0.3 is 12.4 Å². The second-order valence-corrected chi connectivity index (χ2v) is 7.18. The fourth-order valence-electron chi connectivity index (χ4n) is 3.27. The normalized spacial score (nSPS) is 12.2. The number of alkyl halides is 6. The average Bonchev–Trinajstić information content (AvgIpc) is 3.16. The van der Waals surface area contributed by atoms with E-state index in [9.17, 15) is 30.7 Å². The minimum atomic E-state index is -4.81. The van der Waals surface area contributed by atoms with Crippen LogP contribution >= 0.6 is 0 Å². The van der Waals surface area contributed by atoms with E-state index >= 15 is 0 Å². The van der Waals surface area contributed by atoms with Gasteiger partial charge in [0.05, 0.1) is 22.3 Å². The van der Waals surface area contributed by atoms with Crippen LogP contribution in [0, 0.1) is 5.82 Å². The Morgan fingerprint density at radius 2 is 1.65 bits per heavy atom. The summed E-state index contributed by atoms with van der Waals surface area (Å²) in [5.74, 6) is -0.740. The Morgan fingerprint density at radius 3 is 2.26 bits per heavy atom. The molecule has 0 amide bonds. The Labute approximate surface area is 187 Å². The van der Waals surface area contributed by atoms with Gasteiger partial charge in [-0.3, -0.25) is 0 Å². The Bertz CT molecular complexity index is 1330. The summed E-state index contributed by atoms with van der Waals surface area (Å²) in [4.78, 5) is 4.16. The topological polar surface area (TPSA) is 52.0 Å². The van der Waals surface area contributed by atoms with Gasteiger partial charge in [-0.25, -0.2) is 9.07 Å². The van der Waals surface area contributed by atoms with Crippen molar-refractivity contribution in [2.45, 2.75) is 19.0 Å². The summed E-state index contributed by atoms with van der Waals surface area (Å²) in [7, 11) is 1.43. The molecule has 0 bridgehead atoms. The van der Waals surface area contributed by atoms with E-state index in [0.717, 1.165) is 35.0 Å². The highest BCUT2D eigenvalue weighted by molar-refractivity contribution is 5.85. The number of hydrogen-bond acceptors (Lipinski definition) is 4. The lowest BCUT2D eigenvalue weighted by atomic mass is 10.1. The predicted molar refractivity (Wildman–Crippen MR) is 109 cm³/mol. The number of nitrogens with zero attached hydrogens (tertiary/aromatic N) is 3. The molecule has 1 N–H and O–H groups in total. The quantitative estimate of drug-likeness (QED) is 0.342. The summed E-state index contributed by atoms with van der Waals surface area (Å²) >= 11 is 0. The zero-order chi connectivity index (χ0) is 24.7. The second-order valence-electron chi connectivity index (χ2n) is 7.18. The molecule has 0 saturated carbocycles. The van der Waals surface area contributed by atoms with Crippen LogP contribution in [0.25, 0.3) is 16.7 Å². The van der Waals surface area contributed by atoms with Crippen LogP contribution in [-0.4, -0.2) is 21.8 Å². The van der Waals surface area contributed by atoms with Crippen LogP contribution in [0.3, 0.4) is 0 Å². The molecular formula is C22H15F7N4O. The third-order valence-electron chi connectivity index (χ3n) is 4.86. The number of nitrogens with one attached hydrogen (secondary N) is 1. The average molecular weight is 484 g/mol. The van der Waals surface area contributed by atoms with Crippen molar-refractivity contribution >= 4 is 16.7 Å². The van der Waals surface area contributed by atoms with Gasteiger partial charge in [0.2, 0.25) is 5.88 Å². The molecule has 4 rings (SSSR count). The van der Waals surface area contributed by atoms with E-state index in [1.165, 1.54) is 31.3 Å². The molecule has 2 heterocycles. The number of halogens is 7. The van der Waals surface area contributed by atoms with E-state index in [1.54, 1.807) is 0 Å². The van der Waals surface area contributed by atoms with E-state index in [2.05, 4.69) is 15.4 Å². The number of fused-ring (bicyclic) bond motifs is 1. The minimum absolute atomic E-state index is 0.0728. The first-order valence-electron chi connectivity index (χ1n) is 9.71. The van der Waals surface area contributed by atoms with Gasteiger partial charge in [-0.1, -0.05) is 12.1 Å². The van der Waals surface area contributed by atoms with Gasteiger partial charge < -0.3 is 10.1 Å². The first kappa shape index (κ1) is 23.3. The fourth-order valence-corrected chi connectivity index (χ4v) is 3.27. The fraction of sp³-hybridized carbons (Fsp3) is 0.182. The number of pyridine rings is 1. The van der Waals surface area contributed by atoms with Crippen LogP contribution in [0.15, 0.2) is 54.6 Å². The molecule has 5 nitrogen and oxygen atoms in total. The van der Waals surface area contributed by atoms with Gasteiger partial charge in [-0.15, -0.1) is 0 Å². The zero-order valence-electron chi connectivity index (χ0n) is 17.3. The molecule has 0 fully saturated rings. The molecule has 0 unspecified atom stereocenters. The summed E-state index contributed by atoms with van der Waals surface area (Å²) in [6, 6.07) is 10.2. The predicted octanol–water partition coefficient (Wildman–Crippen LogP) is 6.22. The molecule has 34 heavy (non-hydrogen) atoms. The van der Waals surface area contributed by atoms with Crippen molar-refractivity contribution in [2.75, 3.05) is 12.4 Å². The Morgan fingerprint density at radius 1 is 0.941 bits per heavy atom. The molecule has 2 aromatic carbocycles. The van der Waals surface area contributed by atoms with E-state index in [1.807, 2.05) is 0 Å². The Kier molecular flexibility index (Phi) is 5.84. The molecule has 0 spiro atoms. The lowest BCUT2D eigenvalue weighted by Gasteiger charge is -2.13. The molecule has 2 aromatic heterocycles. The highest BCUT2D eigenvalue weighted by Crippen LogP contribution is 2.38. The smallest absolute Gasteiger partial charge is 0.435 e. The van der Waals surface area contributed by atoms with Gasteiger partial charge in [0, 0.05) is 7.05 Å².